The molecule has 1 N–H and O–H groups in total. The number of benzene rings is 1. The average molecular weight is 272 g/mol. The average Bonchev–Trinajstić information content (AvgIpc) is 2.40. The molecular weight excluding hydrogens is 256 g/mol. The molecule has 0 aliphatic rings. The van der Waals surface area contributed by atoms with Crippen molar-refractivity contribution in [1.82, 2.24) is 4.98 Å². The van der Waals surface area contributed by atoms with Gasteiger partial charge in [-0.3, -0.25) is 4.79 Å². The van der Waals surface area contributed by atoms with Crippen molar-refractivity contribution in [2.24, 2.45) is 0 Å². The fourth-order valence-electron chi connectivity index (χ4n) is 1.68. The molecule has 0 atom stereocenters. The van der Waals surface area contributed by atoms with Gasteiger partial charge >= 0.3 is 0 Å². The Morgan fingerprint density at radius 1 is 1.26 bits per heavy atom. The normalized spacial score (nSPS) is 10.2. The van der Waals surface area contributed by atoms with Gasteiger partial charge in [-0.2, -0.15) is 0 Å². The lowest BCUT2D eigenvalue weighted by Gasteiger charge is -2.04. The van der Waals surface area contributed by atoms with Crippen LogP contribution in [-0.4, -0.2) is 16.6 Å². The van der Waals surface area contributed by atoms with Gasteiger partial charge in [0.05, 0.1) is 5.75 Å². The molecule has 0 bridgehead atoms. The number of thioether (sulfide) groups is 1. The summed E-state index contributed by atoms with van der Waals surface area (Å²) in [6, 6.07) is 13.8. The van der Waals surface area contributed by atoms with Gasteiger partial charge in [0.1, 0.15) is 5.82 Å². The molecule has 0 saturated carbocycles. The first-order chi connectivity index (χ1) is 9.24. The summed E-state index contributed by atoms with van der Waals surface area (Å²) in [5.74, 6) is 1.86. The number of aryl methyl sites for hydroxylation is 1. The number of aromatic nitrogens is 1. The van der Waals surface area contributed by atoms with Crippen LogP contribution in [0.5, 0.6) is 0 Å². The standard InChI is InChI=1S/C15H16N2OS/c1-12-5-4-6-13(9-12)10-19-11-15(18)17-14-7-2-3-8-16-14/h2-9H,10-11H2,1H3,(H,16,17,18). The van der Waals surface area contributed by atoms with Gasteiger partial charge in [-0.25, -0.2) is 4.98 Å². The van der Waals surface area contributed by atoms with E-state index >= 15 is 0 Å². The van der Waals surface area contributed by atoms with Gasteiger partial charge in [0.25, 0.3) is 0 Å². The summed E-state index contributed by atoms with van der Waals surface area (Å²) in [5, 5.41) is 2.77. The largest absolute Gasteiger partial charge is 0.310 e. The zero-order chi connectivity index (χ0) is 13.5. The van der Waals surface area contributed by atoms with Crippen LogP contribution >= 0.6 is 11.8 Å². The van der Waals surface area contributed by atoms with Crippen molar-refractivity contribution in [2.75, 3.05) is 11.1 Å². The zero-order valence-electron chi connectivity index (χ0n) is 10.8. The Balaban J connectivity index is 1.75. The second kappa shape index (κ2) is 6.95. The van der Waals surface area contributed by atoms with Crippen molar-refractivity contribution >= 4 is 23.5 Å². The third kappa shape index (κ3) is 4.75. The number of pyridine rings is 1. The third-order valence-corrected chi connectivity index (χ3v) is 3.52. The van der Waals surface area contributed by atoms with Crippen LogP contribution in [0.2, 0.25) is 0 Å². The number of hydrogen-bond donors (Lipinski definition) is 1. The van der Waals surface area contributed by atoms with Crippen LogP contribution in [0.3, 0.4) is 0 Å². The summed E-state index contributed by atoms with van der Waals surface area (Å²) < 4.78 is 0. The van der Waals surface area contributed by atoms with Crippen LogP contribution in [0.1, 0.15) is 11.1 Å². The molecule has 1 heterocycles. The molecule has 2 rings (SSSR count). The molecule has 0 unspecified atom stereocenters. The lowest BCUT2D eigenvalue weighted by molar-refractivity contribution is -0.113. The maximum absolute atomic E-state index is 11.7. The molecule has 0 spiro atoms. The summed E-state index contributed by atoms with van der Waals surface area (Å²) in [6.07, 6.45) is 1.66. The highest BCUT2D eigenvalue weighted by Crippen LogP contribution is 2.13. The van der Waals surface area contributed by atoms with E-state index in [1.165, 1.54) is 11.1 Å². The van der Waals surface area contributed by atoms with Crippen LogP contribution in [-0.2, 0) is 10.5 Å². The van der Waals surface area contributed by atoms with Crippen molar-refractivity contribution in [3.05, 3.63) is 59.8 Å². The summed E-state index contributed by atoms with van der Waals surface area (Å²) in [7, 11) is 0. The van der Waals surface area contributed by atoms with Gasteiger partial charge in [0.2, 0.25) is 5.91 Å². The predicted octanol–water partition coefficient (Wildman–Crippen LogP) is 3.26. The van der Waals surface area contributed by atoms with Crippen LogP contribution < -0.4 is 5.32 Å². The van der Waals surface area contributed by atoms with E-state index in [1.807, 2.05) is 18.2 Å². The lowest BCUT2D eigenvalue weighted by atomic mass is 10.2. The molecule has 0 radical (unpaired) electrons. The van der Waals surface area contributed by atoms with Crippen molar-refractivity contribution in [2.45, 2.75) is 12.7 Å². The minimum atomic E-state index is -0.0173. The monoisotopic (exact) mass is 272 g/mol. The number of carbonyl (C=O) groups excluding carboxylic acids is 1. The van der Waals surface area contributed by atoms with Crippen LogP contribution in [0.4, 0.5) is 5.82 Å². The number of amides is 1. The summed E-state index contributed by atoms with van der Waals surface area (Å²) >= 11 is 1.60. The smallest absolute Gasteiger partial charge is 0.235 e. The third-order valence-electron chi connectivity index (χ3n) is 2.52. The van der Waals surface area contributed by atoms with Crippen molar-refractivity contribution in [3.63, 3.8) is 0 Å². The minimum absolute atomic E-state index is 0.0173. The summed E-state index contributed by atoms with van der Waals surface area (Å²) in [4.78, 5) is 15.8. The van der Waals surface area contributed by atoms with Gasteiger partial charge in [-0.05, 0) is 24.6 Å². The summed E-state index contributed by atoms with van der Waals surface area (Å²) in [5.41, 5.74) is 2.49. The molecule has 1 aromatic carbocycles. The zero-order valence-corrected chi connectivity index (χ0v) is 11.6. The molecule has 2 aromatic rings. The SMILES string of the molecule is Cc1cccc(CSCC(=O)Nc2ccccn2)c1. The first kappa shape index (κ1) is 13.6. The van der Waals surface area contributed by atoms with Crippen LogP contribution in [0.15, 0.2) is 48.7 Å². The fraction of sp³-hybridized carbons (Fsp3) is 0.200. The molecule has 4 heteroatoms. The molecule has 0 fully saturated rings. The number of carbonyl (C=O) groups is 1. The molecular formula is C15H16N2OS. The number of nitrogens with zero attached hydrogens (tertiary/aromatic N) is 1. The van der Waals surface area contributed by atoms with E-state index in [4.69, 9.17) is 0 Å². The molecule has 0 aliphatic carbocycles. The quantitative estimate of drug-likeness (QED) is 0.908. The topological polar surface area (TPSA) is 42.0 Å². The van der Waals surface area contributed by atoms with E-state index in [2.05, 4.69) is 35.4 Å². The van der Waals surface area contributed by atoms with Gasteiger partial charge < -0.3 is 5.32 Å². The number of hydrogen-bond acceptors (Lipinski definition) is 3. The van der Waals surface area contributed by atoms with E-state index in [0.29, 0.717) is 11.6 Å². The second-order valence-electron chi connectivity index (χ2n) is 4.25. The number of nitrogens with one attached hydrogen (secondary N) is 1. The van der Waals surface area contributed by atoms with E-state index in [9.17, 15) is 4.79 Å². The molecule has 1 amide bonds. The van der Waals surface area contributed by atoms with Crippen molar-refractivity contribution in [1.29, 1.82) is 0 Å². The molecule has 19 heavy (non-hydrogen) atoms. The molecule has 1 aromatic heterocycles. The number of rotatable bonds is 5. The minimum Gasteiger partial charge on any atom is -0.310 e. The van der Waals surface area contributed by atoms with Crippen LogP contribution in [0.25, 0.3) is 0 Å². The molecule has 0 saturated heterocycles. The molecule has 3 nitrogen and oxygen atoms in total. The van der Waals surface area contributed by atoms with Crippen LogP contribution in [0, 0.1) is 6.92 Å². The Labute approximate surface area is 117 Å². The Hall–Kier alpha value is -1.81. The van der Waals surface area contributed by atoms with E-state index < -0.39 is 0 Å². The second-order valence-corrected chi connectivity index (χ2v) is 5.23. The fourth-order valence-corrected chi connectivity index (χ4v) is 2.45. The highest BCUT2D eigenvalue weighted by molar-refractivity contribution is 7.99. The van der Waals surface area contributed by atoms with Gasteiger partial charge in [0, 0.05) is 11.9 Å². The first-order valence-corrected chi connectivity index (χ1v) is 7.24. The van der Waals surface area contributed by atoms with Crippen molar-refractivity contribution in [3.8, 4) is 0 Å². The molecule has 0 aliphatic heterocycles. The highest BCUT2D eigenvalue weighted by Gasteiger charge is 2.03. The van der Waals surface area contributed by atoms with E-state index in [-0.39, 0.29) is 5.91 Å². The summed E-state index contributed by atoms with van der Waals surface area (Å²) in [6.45, 7) is 2.07. The lowest BCUT2D eigenvalue weighted by Crippen LogP contribution is -2.14. The maximum Gasteiger partial charge on any atom is 0.235 e. The van der Waals surface area contributed by atoms with Gasteiger partial charge in [-0.15, -0.1) is 11.8 Å². The van der Waals surface area contributed by atoms with E-state index in [1.54, 1.807) is 24.0 Å². The molecule has 98 valence electrons. The Morgan fingerprint density at radius 3 is 2.89 bits per heavy atom. The van der Waals surface area contributed by atoms with Gasteiger partial charge in [0.15, 0.2) is 0 Å². The Kier molecular flexibility index (Phi) is 4.98. The Morgan fingerprint density at radius 2 is 2.16 bits per heavy atom. The first-order valence-electron chi connectivity index (χ1n) is 6.08. The van der Waals surface area contributed by atoms with Gasteiger partial charge in [-0.1, -0.05) is 35.9 Å². The van der Waals surface area contributed by atoms with E-state index in [0.717, 1.165) is 5.75 Å². The van der Waals surface area contributed by atoms with Crippen molar-refractivity contribution < 1.29 is 4.79 Å². The maximum atomic E-state index is 11.7. The highest BCUT2D eigenvalue weighted by atomic mass is 32.2. The Bertz CT molecular complexity index is 543. The predicted molar refractivity (Wildman–Crippen MR) is 80.2 cm³/mol. The number of anilines is 1.